The first-order chi connectivity index (χ1) is 6.52. The number of amides is 1. The van der Waals surface area contributed by atoms with Gasteiger partial charge in [-0.15, -0.1) is 0 Å². The monoisotopic (exact) mass is 202 g/mol. The Kier molecular flexibility index (Phi) is 6.49. The molecule has 0 saturated carbocycles. The van der Waals surface area contributed by atoms with Gasteiger partial charge in [-0.1, -0.05) is 6.92 Å². The van der Waals surface area contributed by atoms with Crippen molar-refractivity contribution in [1.29, 1.82) is 0 Å². The van der Waals surface area contributed by atoms with Crippen LogP contribution >= 0.6 is 0 Å². The van der Waals surface area contributed by atoms with Crippen LogP contribution in [0.15, 0.2) is 0 Å². The summed E-state index contributed by atoms with van der Waals surface area (Å²) < 4.78 is 0. The zero-order valence-electron chi connectivity index (χ0n) is 9.39. The van der Waals surface area contributed by atoms with Crippen molar-refractivity contribution in [3.8, 4) is 0 Å². The summed E-state index contributed by atoms with van der Waals surface area (Å²) in [7, 11) is 1.86. The molecule has 3 N–H and O–H groups in total. The minimum atomic E-state index is -0.779. The fourth-order valence-corrected chi connectivity index (χ4v) is 0.928. The van der Waals surface area contributed by atoms with Gasteiger partial charge >= 0.3 is 0 Å². The molecule has 4 heteroatoms. The quantitative estimate of drug-likeness (QED) is 0.519. The summed E-state index contributed by atoms with van der Waals surface area (Å²) in [5, 5.41) is 15.3. The maximum atomic E-state index is 11.2. The van der Waals surface area contributed by atoms with Crippen molar-refractivity contribution in [2.75, 3.05) is 20.1 Å². The molecule has 0 aliphatic heterocycles. The van der Waals surface area contributed by atoms with E-state index < -0.39 is 5.60 Å². The van der Waals surface area contributed by atoms with Crippen molar-refractivity contribution in [2.45, 2.75) is 38.7 Å². The summed E-state index contributed by atoms with van der Waals surface area (Å²) in [5.74, 6) is 0.00831. The van der Waals surface area contributed by atoms with E-state index >= 15 is 0 Å². The van der Waals surface area contributed by atoms with Crippen LogP contribution in [-0.4, -0.2) is 36.8 Å². The van der Waals surface area contributed by atoms with Gasteiger partial charge in [-0.25, -0.2) is 0 Å². The third-order valence-corrected chi connectivity index (χ3v) is 2.26. The first-order valence-corrected chi connectivity index (χ1v) is 5.15. The second-order valence-corrected chi connectivity index (χ2v) is 3.83. The van der Waals surface area contributed by atoms with Crippen LogP contribution in [0.1, 0.15) is 33.1 Å². The number of aliphatic hydroxyl groups is 1. The number of rotatable bonds is 7. The average Bonchev–Trinajstić information content (AvgIpc) is 2.16. The van der Waals surface area contributed by atoms with Crippen LogP contribution in [0, 0.1) is 0 Å². The molecule has 0 aliphatic carbocycles. The average molecular weight is 202 g/mol. The van der Waals surface area contributed by atoms with Crippen LogP contribution in [0.3, 0.4) is 0 Å². The van der Waals surface area contributed by atoms with Crippen LogP contribution in [0.2, 0.25) is 0 Å². The predicted molar refractivity (Wildman–Crippen MR) is 57.1 cm³/mol. The Bertz CT molecular complexity index is 170. The van der Waals surface area contributed by atoms with Crippen molar-refractivity contribution >= 4 is 5.91 Å². The van der Waals surface area contributed by atoms with Gasteiger partial charge in [0.05, 0.1) is 5.60 Å². The van der Waals surface area contributed by atoms with E-state index in [-0.39, 0.29) is 5.91 Å². The summed E-state index contributed by atoms with van der Waals surface area (Å²) in [6.07, 6.45) is 1.99. The maximum Gasteiger partial charge on any atom is 0.220 e. The molecule has 0 saturated heterocycles. The first kappa shape index (κ1) is 13.4. The van der Waals surface area contributed by atoms with Gasteiger partial charge in [0.2, 0.25) is 5.91 Å². The Labute approximate surface area is 86.1 Å². The van der Waals surface area contributed by atoms with E-state index in [0.29, 0.717) is 19.4 Å². The van der Waals surface area contributed by atoms with Crippen molar-refractivity contribution in [2.24, 2.45) is 0 Å². The predicted octanol–water partition coefficient (Wildman–Crippen LogP) is 0.263. The van der Waals surface area contributed by atoms with E-state index in [1.54, 1.807) is 6.92 Å². The van der Waals surface area contributed by atoms with Gasteiger partial charge in [-0.3, -0.25) is 4.79 Å². The fraction of sp³-hybridized carbons (Fsp3) is 0.900. The zero-order valence-corrected chi connectivity index (χ0v) is 9.39. The lowest BCUT2D eigenvalue weighted by molar-refractivity contribution is -0.122. The summed E-state index contributed by atoms with van der Waals surface area (Å²) in [6, 6.07) is 0. The molecule has 0 spiro atoms. The molecule has 0 aromatic rings. The Balaban J connectivity index is 3.53. The molecule has 0 bridgehead atoms. The first-order valence-electron chi connectivity index (χ1n) is 5.15. The molecular weight excluding hydrogens is 180 g/mol. The van der Waals surface area contributed by atoms with Crippen molar-refractivity contribution in [3.05, 3.63) is 0 Å². The number of hydrogen-bond donors (Lipinski definition) is 3. The smallest absolute Gasteiger partial charge is 0.220 e. The van der Waals surface area contributed by atoms with Crippen LogP contribution < -0.4 is 10.6 Å². The topological polar surface area (TPSA) is 61.4 Å². The molecule has 0 aromatic heterocycles. The highest BCUT2D eigenvalue weighted by molar-refractivity contribution is 5.75. The molecule has 4 nitrogen and oxygen atoms in total. The number of carbonyl (C=O) groups excluding carboxylic acids is 1. The van der Waals surface area contributed by atoms with E-state index in [1.165, 1.54) is 0 Å². The van der Waals surface area contributed by atoms with Crippen LogP contribution in [0.4, 0.5) is 0 Å². The third-order valence-electron chi connectivity index (χ3n) is 2.26. The van der Waals surface area contributed by atoms with Gasteiger partial charge in [0.15, 0.2) is 0 Å². The molecule has 84 valence electrons. The Morgan fingerprint density at radius 2 is 2.14 bits per heavy atom. The molecule has 0 heterocycles. The van der Waals surface area contributed by atoms with Gasteiger partial charge in [0, 0.05) is 13.0 Å². The van der Waals surface area contributed by atoms with E-state index in [9.17, 15) is 9.90 Å². The summed E-state index contributed by atoms with van der Waals surface area (Å²) in [5.41, 5.74) is -0.779. The lowest BCUT2D eigenvalue weighted by Crippen LogP contribution is -2.40. The van der Waals surface area contributed by atoms with Gasteiger partial charge in [0.25, 0.3) is 0 Å². The largest absolute Gasteiger partial charge is 0.388 e. The minimum absolute atomic E-state index is 0.00831. The number of hydrogen-bond acceptors (Lipinski definition) is 3. The third kappa shape index (κ3) is 6.86. The lowest BCUT2D eigenvalue weighted by Gasteiger charge is -2.21. The number of carbonyl (C=O) groups is 1. The Morgan fingerprint density at radius 3 is 2.64 bits per heavy atom. The van der Waals surface area contributed by atoms with Crippen molar-refractivity contribution in [1.82, 2.24) is 10.6 Å². The highest BCUT2D eigenvalue weighted by Crippen LogP contribution is 2.05. The maximum absolute atomic E-state index is 11.2. The molecule has 0 fully saturated rings. The van der Waals surface area contributed by atoms with Gasteiger partial charge in [0.1, 0.15) is 0 Å². The molecule has 1 unspecified atom stereocenters. The minimum Gasteiger partial charge on any atom is -0.388 e. The van der Waals surface area contributed by atoms with E-state index in [0.717, 1.165) is 13.0 Å². The normalized spacial score (nSPS) is 14.9. The second kappa shape index (κ2) is 6.79. The molecule has 0 radical (unpaired) electrons. The van der Waals surface area contributed by atoms with Crippen LogP contribution in [-0.2, 0) is 4.79 Å². The van der Waals surface area contributed by atoms with Crippen LogP contribution in [0.5, 0.6) is 0 Å². The fourth-order valence-electron chi connectivity index (χ4n) is 0.928. The lowest BCUT2D eigenvalue weighted by atomic mass is 10.0. The molecule has 1 amide bonds. The van der Waals surface area contributed by atoms with E-state index in [4.69, 9.17) is 0 Å². The SMILES string of the molecule is CCC(C)(O)CNC(=O)CCCNC. The highest BCUT2D eigenvalue weighted by Gasteiger charge is 2.17. The molecule has 0 aromatic carbocycles. The summed E-state index contributed by atoms with van der Waals surface area (Å²) in [6.45, 7) is 4.80. The van der Waals surface area contributed by atoms with Gasteiger partial charge < -0.3 is 15.7 Å². The second-order valence-electron chi connectivity index (χ2n) is 3.83. The zero-order chi connectivity index (χ0) is 11.0. The van der Waals surface area contributed by atoms with Gasteiger partial charge in [-0.05, 0) is 33.4 Å². The van der Waals surface area contributed by atoms with Crippen molar-refractivity contribution in [3.63, 3.8) is 0 Å². The Hall–Kier alpha value is -0.610. The number of nitrogens with one attached hydrogen (secondary N) is 2. The molecule has 0 rings (SSSR count). The van der Waals surface area contributed by atoms with Gasteiger partial charge in [-0.2, -0.15) is 0 Å². The van der Waals surface area contributed by atoms with Crippen LogP contribution in [0.25, 0.3) is 0 Å². The molecule has 14 heavy (non-hydrogen) atoms. The van der Waals surface area contributed by atoms with Crippen molar-refractivity contribution < 1.29 is 9.90 Å². The van der Waals surface area contributed by atoms with E-state index in [1.807, 2.05) is 14.0 Å². The standard InChI is InChI=1S/C10H22N2O2/c1-4-10(2,14)8-12-9(13)6-5-7-11-3/h11,14H,4-8H2,1-3H3,(H,12,13). The summed E-state index contributed by atoms with van der Waals surface area (Å²) in [4.78, 5) is 11.2. The Morgan fingerprint density at radius 1 is 1.50 bits per heavy atom. The molecule has 0 aliphatic rings. The molecule has 1 atom stereocenters. The highest BCUT2D eigenvalue weighted by atomic mass is 16.3. The summed E-state index contributed by atoms with van der Waals surface area (Å²) >= 11 is 0. The molecular formula is C10H22N2O2. The van der Waals surface area contributed by atoms with E-state index in [2.05, 4.69) is 10.6 Å².